The second kappa shape index (κ2) is 15.6. The molecule has 3 heterocycles. The molecular formula is C39H43FN6O5. The molecule has 1 aromatic heterocycles. The maximum absolute atomic E-state index is 14.9. The normalized spacial score (nSPS) is 19.0. The first kappa shape index (κ1) is 35.3. The van der Waals surface area contributed by atoms with E-state index in [1.165, 1.54) is 21.9 Å². The van der Waals surface area contributed by atoms with Crippen LogP contribution in [0.2, 0.25) is 0 Å². The van der Waals surface area contributed by atoms with E-state index in [9.17, 15) is 23.6 Å². The van der Waals surface area contributed by atoms with Crippen LogP contribution in [0.25, 0.3) is 16.9 Å². The van der Waals surface area contributed by atoms with Crippen LogP contribution in [0.5, 0.6) is 5.75 Å². The molecule has 0 radical (unpaired) electrons. The van der Waals surface area contributed by atoms with E-state index < -0.39 is 29.7 Å². The summed E-state index contributed by atoms with van der Waals surface area (Å²) < 4.78 is 21.9. The molecule has 12 heteroatoms. The van der Waals surface area contributed by atoms with Gasteiger partial charge in [-0.1, -0.05) is 38.1 Å². The van der Waals surface area contributed by atoms with Crippen molar-refractivity contribution in [1.82, 2.24) is 30.2 Å². The van der Waals surface area contributed by atoms with E-state index in [-0.39, 0.29) is 41.9 Å². The first-order valence-corrected chi connectivity index (χ1v) is 17.4. The Morgan fingerprint density at radius 1 is 1.00 bits per heavy atom. The molecule has 2 atom stereocenters. The van der Waals surface area contributed by atoms with Gasteiger partial charge in [0, 0.05) is 37.4 Å². The number of aromatic nitrogens is 2. The van der Waals surface area contributed by atoms with E-state index in [4.69, 9.17) is 9.84 Å². The number of carbonyl (C=O) groups excluding carboxylic acids is 4. The molecule has 11 nitrogen and oxygen atoms in total. The van der Waals surface area contributed by atoms with Crippen molar-refractivity contribution in [2.24, 2.45) is 5.92 Å². The summed E-state index contributed by atoms with van der Waals surface area (Å²) in [5.74, 6) is -1.84. The van der Waals surface area contributed by atoms with E-state index in [1.807, 2.05) is 56.3 Å². The molecule has 4 amide bonds. The minimum Gasteiger partial charge on any atom is -0.497 e. The molecule has 0 saturated carbocycles. The van der Waals surface area contributed by atoms with Crippen LogP contribution in [0.4, 0.5) is 4.39 Å². The van der Waals surface area contributed by atoms with E-state index in [0.29, 0.717) is 55.8 Å². The average molecular weight is 695 g/mol. The summed E-state index contributed by atoms with van der Waals surface area (Å²) in [6, 6.07) is 19.7. The third-order valence-electron chi connectivity index (χ3n) is 9.54. The van der Waals surface area contributed by atoms with Crippen molar-refractivity contribution in [3.05, 3.63) is 102 Å². The van der Waals surface area contributed by atoms with Crippen molar-refractivity contribution in [1.29, 1.82) is 0 Å². The van der Waals surface area contributed by atoms with Gasteiger partial charge < -0.3 is 25.2 Å². The molecule has 0 aliphatic carbocycles. The van der Waals surface area contributed by atoms with E-state index in [2.05, 4.69) is 10.6 Å². The molecule has 3 aromatic carbocycles. The van der Waals surface area contributed by atoms with Gasteiger partial charge in [-0.05, 0) is 85.7 Å². The van der Waals surface area contributed by atoms with E-state index in [1.54, 1.807) is 36.2 Å². The summed E-state index contributed by atoms with van der Waals surface area (Å²) in [5, 5.41) is 10.8. The van der Waals surface area contributed by atoms with Crippen LogP contribution in [-0.4, -0.2) is 88.6 Å². The molecular weight excluding hydrogens is 651 g/mol. The molecule has 2 N–H and O–H groups in total. The first-order valence-electron chi connectivity index (χ1n) is 17.4. The first-order chi connectivity index (χ1) is 24.6. The third kappa shape index (κ3) is 7.95. The standard InChI is InChI=1S/C39H43FN6O5/c1-25(2)33-23-44(38(49)31-22-46(28-10-5-4-6-11-28)43-36(31)27-14-16-29(51-3)17-15-27)24-35(47)41-19-7-9-26-13-18-32(40)30(21-26)39(50)45-20-8-12-34(45)37(48)42-33/h4-6,10-11,13-18,21-22,25,33-34H,7-9,12,19-20,23-24H2,1-3H3,(H,41,47)(H,42,48)/t33-,34-/m0/s1. The van der Waals surface area contributed by atoms with Crippen molar-refractivity contribution < 1.29 is 28.3 Å². The van der Waals surface area contributed by atoms with Gasteiger partial charge >= 0.3 is 0 Å². The zero-order valence-electron chi connectivity index (χ0n) is 29.1. The molecule has 0 spiro atoms. The van der Waals surface area contributed by atoms with E-state index >= 15 is 0 Å². The van der Waals surface area contributed by atoms with Gasteiger partial charge in [0.1, 0.15) is 23.3 Å². The number of amides is 4. The number of nitrogens with zero attached hydrogens (tertiary/aromatic N) is 4. The quantitative estimate of drug-likeness (QED) is 0.314. The van der Waals surface area contributed by atoms with Gasteiger partial charge in [-0.2, -0.15) is 5.10 Å². The Balaban J connectivity index is 1.36. The SMILES string of the molecule is COc1ccc(-c2nn(-c3ccccc3)cc2C(=O)N2CC(=O)NCCCc3ccc(F)c(c3)C(=O)N3CCC[C@H]3C(=O)N[C@H](C(C)C)C2)cc1. The summed E-state index contributed by atoms with van der Waals surface area (Å²) in [6.45, 7) is 4.24. The van der Waals surface area contributed by atoms with Gasteiger partial charge in [-0.25, -0.2) is 9.07 Å². The zero-order valence-corrected chi connectivity index (χ0v) is 29.1. The molecule has 51 heavy (non-hydrogen) atoms. The van der Waals surface area contributed by atoms with Crippen molar-refractivity contribution in [2.75, 3.05) is 33.3 Å². The number of hydrogen-bond donors (Lipinski definition) is 2. The van der Waals surface area contributed by atoms with Gasteiger partial charge in [-0.15, -0.1) is 0 Å². The lowest BCUT2D eigenvalue weighted by atomic mass is 10.0. The molecule has 2 aliphatic heterocycles. The van der Waals surface area contributed by atoms with Crippen molar-refractivity contribution in [2.45, 2.75) is 51.6 Å². The molecule has 266 valence electrons. The molecule has 1 fully saturated rings. The van der Waals surface area contributed by atoms with Crippen LogP contribution in [-0.2, 0) is 16.0 Å². The van der Waals surface area contributed by atoms with Crippen LogP contribution in [0.1, 0.15) is 59.4 Å². The zero-order chi connectivity index (χ0) is 36.1. The number of carbonyl (C=O) groups is 4. The number of fused-ring (bicyclic) bond motifs is 3. The van der Waals surface area contributed by atoms with Crippen molar-refractivity contribution >= 4 is 23.6 Å². The van der Waals surface area contributed by atoms with Gasteiger partial charge in [-0.3, -0.25) is 19.2 Å². The third-order valence-corrected chi connectivity index (χ3v) is 9.54. The Labute approximate surface area is 296 Å². The second-order valence-corrected chi connectivity index (χ2v) is 13.4. The van der Waals surface area contributed by atoms with Gasteiger partial charge in [0.2, 0.25) is 11.8 Å². The smallest absolute Gasteiger partial charge is 0.258 e. The van der Waals surface area contributed by atoms with Gasteiger partial charge in [0.05, 0.1) is 30.5 Å². The Morgan fingerprint density at radius 2 is 1.76 bits per heavy atom. The molecule has 0 unspecified atom stereocenters. The number of aryl methyl sites for hydroxylation is 1. The lowest BCUT2D eigenvalue weighted by Gasteiger charge is -2.32. The molecule has 2 aliphatic rings. The Kier molecular flexibility index (Phi) is 10.8. The predicted molar refractivity (Wildman–Crippen MR) is 190 cm³/mol. The van der Waals surface area contributed by atoms with Crippen LogP contribution in [0.15, 0.2) is 79.0 Å². The average Bonchev–Trinajstić information content (AvgIpc) is 3.82. The van der Waals surface area contributed by atoms with Gasteiger partial charge in [0.25, 0.3) is 11.8 Å². The number of hydrogen-bond acceptors (Lipinski definition) is 6. The number of rotatable bonds is 5. The highest BCUT2D eigenvalue weighted by atomic mass is 19.1. The van der Waals surface area contributed by atoms with Crippen molar-refractivity contribution in [3.8, 4) is 22.7 Å². The lowest BCUT2D eigenvalue weighted by molar-refractivity contribution is -0.126. The number of ether oxygens (including phenoxy) is 1. The fraction of sp³-hybridized carbons (Fsp3) is 0.359. The highest BCUT2D eigenvalue weighted by Gasteiger charge is 2.37. The maximum atomic E-state index is 14.9. The van der Waals surface area contributed by atoms with Crippen LogP contribution < -0.4 is 15.4 Å². The summed E-state index contributed by atoms with van der Waals surface area (Å²) in [4.78, 5) is 58.5. The largest absolute Gasteiger partial charge is 0.497 e. The number of methoxy groups -OCH3 is 1. The fourth-order valence-electron chi connectivity index (χ4n) is 6.61. The monoisotopic (exact) mass is 694 g/mol. The predicted octanol–water partition coefficient (Wildman–Crippen LogP) is 4.64. The number of nitrogens with one attached hydrogen (secondary N) is 2. The molecule has 2 bridgehead atoms. The van der Waals surface area contributed by atoms with Crippen LogP contribution >= 0.6 is 0 Å². The topological polar surface area (TPSA) is 126 Å². The molecule has 4 aromatic rings. The minimum atomic E-state index is -0.796. The Hall–Kier alpha value is -5.52. The Bertz CT molecular complexity index is 1890. The van der Waals surface area contributed by atoms with Crippen LogP contribution in [0.3, 0.4) is 0 Å². The number of benzene rings is 3. The lowest BCUT2D eigenvalue weighted by Crippen LogP contribution is -2.54. The van der Waals surface area contributed by atoms with Crippen LogP contribution in [0, 0.1) is 11.7 Å². The minimum absolute atomic E-state index is 0.0182. The van der Waals surface area contributed by atoms with Crippen molar-refractivity contribution in [3.63, 3.8) is 0 Å². The highest BCUT2D eigenvalue weighted by molar-refractivity contribution is 6.02. The summed E-state index contributed by atoms with van der Waals surface area (Å²) >= 11 is 0. The van der Waals surface area contributed by atoms with E-state index in [0.717, 1.165) is 11.3 Å². The number of para-hydroxylation sites is 1. The maximum Gasteiger partial charge on any atom is 0.258 e. The summed E-state index contributed by atoms with van der Waals surface area (Å²) in [5.41, 5.74) is 2.82. The summed E-state index contributed by atoms with van der Waals surface area (Å²) in [7, 11) is 1.58. The number of halogens is 1. The fourth-order valence-corrected chi connectivity index (χ4v) is 6.61. The summed E-state index contributed by atoms with van der Waals surface area (Å²) in [6.07, 6.45) is 3.72. The molecule has 1 saturated heterocycles. The highest BCUT2D eigenvalue weighted by Crippen LogP contribution is 2.28. The molecule has 6 rings (SSSR count). The second-order valence-electron chi connectivity index (χ2n) is 13.4. The Morgan fingerprint density at radius 3 is 2.49 bits per heavy atom. The van der Waals surface area contributed by atoms with Gasteiger partial charge in [0.15, 0.2) is 0 Å².